The van der Waals surface area contributed by atoms with Crippen molar-refractivity contribution in [1.29, 1.82) is 0 Å². The zero-order chi connectivity index (χ0) is 17.1. The molecule has 0 aliphatic carbocycles. The number of hydrogen-bond donors (Lipinski definition) is 1. The molecule has 0 radical (unpaired) electrons. The van der Waals surface area contributed by atoms with Crippen molar-refractivity contribution >= 4 is 28.2 Å². The van der Waals surface area contributed by atoms with Gasteiger partial charge in [-0.05, 0) is 12.1 Å². The van der Waals surface area contributed by atoms with Gasteiger partial charge in [-0.1, -0.05) is 30.4 Å². The van der Waals surface area contributed by atoms with E-state index in [0.29, 0.717) is 18.3 Å². The fraction of sp³-hybridized carbons (Fsp3) is 0.353. The molecular weight excluding hydrogens is 331 g/mol. The number of aromatic nitrogens is 1. The molecule has 3 rings (SSSR count). The third-order valence-electron chi connectivity index (χ3n) is 3.79. The molecule has 24 heavy (non-hydrogen) atoms. The van der Waals surface area contributed by atoms with Crippen molar-refractivity contribution in [3.05, 3.63) is 46.2 Å². The van der Waals surface area contributed by atoms with Crippen LogP contribution in [-0.4, -0.2) is 23.3 Å². The Labute approximate surface area is 142 Å². The number of anilines is 1. The first-order valence-electron chi connectivity index (χ1n) is 7.69. The molecule has 1 amide bonds. The van der Waals surface area contributed by atoms with Gasteiger partial charge in [0.2, 0.25) is 5.91 Å². The largest absolute Gasteiger partial charge is 0.375 e. The molecule has 2 aromatic rings. The van der Waals surface area contributed by atoms with Crippen LogP contribution in [0.3, 0.4) is 0 Å². The van der Waals surface area contributed by atoms with Crippen molar-refractivity contribution in [1.82, 2.24) is 4.98 Å². The van der Waals surface area contributed by atoms with E-state index in [1.54, 1.807) is 13.0 Å². The van der Waals surface area contributed by atoms with E-state index in [-0.39, 0.29) is 23.7 Å². The number of rotatable bonds is 5. The molecule has 1 unspecified atom stereocenters. The van der Waals surface area contributed by atoms with Gasteiger partial charge in [0.1, 0.15) is 5.82 Å². The topological polar surface area (TPSA) is 68.3 Å². The first-order valence-corrected chi connectivity index (χ1v) is 8.50. The number of carbonyl (C=O) groups is 2. The van der Waals surface area contributed by atoms with E-state index in [1.165, 1.54) is 29.5 Å². The number of amides is 1. The van der Waals surface area contributed by atoms with E-state index in [0.717, 1.165) is 17.0 Å². The number of Topliss-reactive ketones (excluding diaryl/α,β-unsaturated/α-hetero) is 1. The number of ether oxygens (including phenoxy) is 1. The molecule has 0 bridgehead atoms. The Bertz CT molecular complexity index is 751. The summed E-state index contributed by atoms with van der Waals surface area (Å²) in [6.45, 7) is 2.83. The number of ketones is 1. The average molecular weight is 348 g/mol. The second-order valence-electron chi connectivity index (χ2n) is 5.72. The highest BCUT2D eigenvalue weighted by atomic mass is 32.1. The Morgan fingerprint density at radius 2 is 2.29 bits per heavy atom. The molecule has 1 aromatic carbocycles. The monoisotopic (exact) mass is 348 g/mol. The van der Waals surface area contributed by atoms with Crippen LogP contribution >= 0.6 is 11.3 Å². The van der Waals surface area contributed by atoms with Crippen LogP contribution in [-0.2, 0) is 22.6 Å². The summed E-state index contributed by atoms with van der Waals surface area (Å²) in [6, 6.07) is 5.50. The maximum Gasteiger partial charge on any atom is 0.226 e. The summed E-state index contributed by atoms with van der Waals surface area (Å²) in [5.41, 5.74) is 1.24. The van der Waals surface area contributed by atoms with Crippen LogP contribution in [0.15, 0.2) is 24.3 Å². The van der Waals surface area contributed by atoms with E-state index in [2.05, 4.69) is 10.3 Å². The predicted molar refractivity (Wildman–Crippen MR) is 88.6 cm³/mol. The Balaban J connectivity index is 1.59. The Hall–Kier alpha value is -2.12. The van der Waals surface area contributed by atoms with Crippen LogP contribution in [0.1, 0.15) is 34.3 Å². The Morgan fingerprint density at radius 3 is 3.04 bits per heavy atom. The van der Waals surface area contributed by atoms with Crippen molar-refractivity contribution in [2.24, 2.45) is 5.92 Å². The zero-order valence-corrected chi connectivity index (χ0v) is 14.0. The Kier molecular flexibility index (Phi) is 5.01. The molecule has 1 aliphatic heterocycles. The summed E-state index contributed by atoms with van der Waals surface area (Å²) in [7, 11) is 0. The van der Waals surface area contributed by atoms with Crippen LogP contribution in [0.5, 0.6) is 0 Å². The number of nitrogens with one attached hydrogen (secondary N) is 1. The van der Waals surface area contributed by atoms with Gasteiger partial charge in [0.25, 0.3) is 0 Å². The number of nitrogens with zero attached hydrogens (tertiary/aromatic N) is 1. The highest BCUT2D eigenvalue weighted by Crippen LogP contribution is 2.27. The van der Waals surface area contributed by atoms with Gasteiger partial charge in [-0.25, -0.2) is 9.37 Å². The summed E-state index contributed by atoms with van der Waals surface area (Å²) in [5.74, 6) is -1.53. The van der Waals surface area contributed by atoms with E-state index >= 15 is 0 Å². The summed E-state index contributed by atoms with van der Waals surface area (Å²) in [5, 5.41) is 3.26. The lowest BCUT2D eigenvalue weighted by Crippen LogP contribution is -2.20. The van der Waals surface area contributed by atoms with E-state index in [4.69, 9.17) is 4.74 Å². The van der Waals surface area contributed by atoms with Crippen LogP contribution in [0.25, 0.3) is 0 Å². The van der Waals surface area contributed by atoms with Gasteiger partial charge in [-0.2, -0.15) is 0 Å². The number of fused-ring (bicyclic) bond motifs is 1. The second kappa shape index (κ2) is 7.19. The minimum atomic E-state index is -0.537. The molecule has 1 aliphatic rings. The van der Waals surface area contributed by atoms with Crippen LogP contribution in [0.2, 0.25) is 0 Å². The van der Waals surface area contributed by atoms with Gasteiger partial charge in [0, 0.05) is 24.3 Å². The quantitative estimate of drug-likeness (QED) is 0.843. The molecular formula is C17H17FN2O3S. The molecule has 0 saturated heterocycles. The van der Waals surface area contributed by atoms with Gasteiger partial charge in [-0.15, -0.1) is 0 Å². The summed E-state index contributed by atoms with van der Waals surface area (Å²) < 4.78 is 18.6. The first-order chi connectivity index (χ1) is 11.5. The normalized spacial score (nSPS) is 14.8. The fourth-order valence-corrected chi connectivity index (χ4v) is 3.51. The highest BCUT2D eigenvalue weighted by molar-refractivity contribution is 7.15. The summed E-state index contributed by atoms with van der Waals surface area (Å²) in [6.07, 6.45) is 0.770. The number of carbonyl (C=O) groups excluding carboxylic acids is 2. The van der Waals surface area contributed by atoms with Crippen LogP contribution in [0.4, 0.5) is 9.52 Å². The van der Waals surface area contributed by atoms with Crippen molar-refractivity contribution < 1.29 is 18.7 Å². The maximum atomic E-state index is 13.2. The second-order valence-corrected chi connectivity index (χ2v) is 6.80. The maximum absolute atomic E-state index is 13.2. The average Bonchev–Trinajstić information content (AvgIpc) is 2.95. The smallest absolute Gasteiger partial charge is 0.226 e. The Morgan fingerprint density at radius 1 is 1.46 bits per heavy atom. The lowest BCUT2D eigenvalue weighted by molar-refractivity contribution is -0.116. The van der Waals surface area contributed by atoms with Gasteiger partial charge < -0.3 is 10.1 Å². The fourth-order valence-electron chi connectivity index (χ4n) is 2.55. The van der Waals surface area contributed by atoms with Gasteiger partial charge in [-0.3, -0.25) is 9.59 Å². The van der Waals surface area contributed by atoms with E-state index in [1.807, 2.05) is 0 Å². The van der Waals surface area contributed by atoms with Gasteiger partial charge in [0.15, 0.2) is 10.9 Å². The number of benzene rings is 1. The first kappa shape index (κ1) is 16.7. The third-order valence-corrected chi connectivity index (χ3v) is 4.78. The summed E-state index contributed by atoms with van der Waals surface area (Å²) >= 11 is 1.39. The lowest BCUT2D eigenvalue weighted by Gasteiger charge is -2.10. The van der Waals surface area contributed by atoms with Gasteiger partial charge >= 0.3 is 0 Å². The zero-order valence-electron chi connectivity index (χ0n) is 13.2. The molecule has 5 nitrogen and oxygen atoms in total. The van der Waals surface area contributed by atoms with Crippen LogP contribution in [0, 0.1) is 11.7 Å². The molecule has 1 atom stereocenters. The summed E-state index contributed by atoms with van der Waals surface area (Å²) in [4.78, 5) is 29.8. The number of hydrogen-bond acceptors (Lipinski definition) is 5. The highest BCUT2D eigenvalue weighted by Gasteiger charge is 2.21. The number of thiazole rings is 1. The predicted octanol–water partition coefficient (Wildman–Crippen LogP) is 3.20. The third kappa shape index (κ3) is 3.85. The van der Waals surface area contributed by atoms with Gasteiger partial charge in [0.05, 0.1) is 23.8 Å². The van der Waals surface area contributed by atoms with Crippen LogP contribution < -0.4 is 5.32 Å². The SMILES string of the molecule is CC(CC(=O)Nc1nc2c(s1)COCC2)C(=O)c1cccc(F)c1. The molecule has 0 spiro atoms. The van der Waals surface area contributed by atoms with E-state index < -0.39 is 11.7 Å². The molecule has 1 aromatic heterocycles. The molecule has 7 heteroatoms. The molecule has 0 fully saturated rings. The van der Waals surface area contributed by atoms with Crippen molar-refractivity contribution in [2.45, 2.75) is 26.4 Å². The minimum Gasteiger partial charge on any atom is -0.375 e. The molecule has 126 valence electrons. The van der Waals surface area contributed by atoms with Crippen molar-refractivity contribution in [2.75, 3.05) is 11.9 Å². The van der Waals surface area contributed by atoms with Crippen molar-refractivity contribution in [3.63, 3.8) is 0 Å². The standard InChI is InChI=1S/C17H17FN2O3S/c1-10(16(22)11-3-2-4-12(18)8-11)7-15(21)20-17-19-13-5-6-23-9-14(13)24-17/h2-4,8,10H,5-7,9H2,1H3,(H,19,20,21). The minimum absolute atomic E-state index is 0.0239. The van der Waals surface area contributed by atoms with Crippen molar-refractivity contribution in [3.8, 4) is 0 Å². The molecule has 1 N–H and O–H groups in total. The number of halogens is 1. The molecule has 0 saturated carbocycles. The lowest BCUT2D eigenvalue weighted by atomic mass is 9.96. The molecule has 2 heterocycles. The van der Waals surface area contributed by atoms with E-state index in [9.17, 15) is 14.0 Å².